The van der Waals surface area contributed by atoms with E-state index in [0.29, 0.717) is 44.3 Å². The topological polar surface area (TPSA) is 66.8 Å². The quantitative estimate of drug-likeness (QED) is 0.245. The number of ether oxygens (including phenoxy) is 1. The van der Waals surface area contributed by atoms with Gasteiger partial charge in [0, 0.05) is 23.1 Å². The van der Waals surface area contributed by atoms with Gasteiger partial charge in [-0.1, -0.05) is 61.0 Å². The van der Waals surface area contributed by atoms with Gasteiger partial charge in [0.15, 0.2) is 17.4 Å². The van der Waals surface area contributed by atoms with Gasteiger partial charge in [0.05, 0.1) is 12.6 Å². The van der Waals surface area contributed by atoms with Crippen LogP contribution in [-0.2, 0) is 17.7 Å². The van der Waals surface area contributed by atoms with E-state index in [1.165, 1.54) is 11.6 Å². The molecule has 3 aromatic carbocycles. The molecule has 7 heteroatoms. The molecule has 230 valence electrons. The summed E-state index contributed by atoms with van der Waals surface area (Å²) >= 11 is 0. The van der Waals surface area contributed by atoms with Gasteiger partial charge in [-0.2, -0.15) is 0 Å². The Morgan fingerprint density at radius 3 is 2.59 bits per heavy atom. The lowest BCUT2D eigenvalue weighted by Gasteiger charge is -2.43. The number of amides is 1. The molecule has 1 heterocycles. The Morgan fingerprint density at radius 1 is 1.02 bits per heavy atom. The van der Waals surface area contributed by atoms with Crippen molar-refractivity contribution in [2.75, 3.05) is 6.54 Å². The summed E-state index contributed by atoms with van der Waals surface area (Å²) < 4.78 is 34.4. The number of carbonyl (C=O) groups is 2. The van der Waals surface area contributed by atoms with Crippen LogP contribution in [0.25, 0.3) is 0 Å². The average molecular weight is 600 g/mol. The van der Waals surface area contributed by atoms with Crippen LogP contribution in [0.4, 0.5) is 13.6 Å². The fraction of sp³-hybridized carbons (Fsp3) is 0.405. The van der Waals surface area contributed by atoms with Crippen molar-refractivity contribution in [3.05, 3.63) is 118 Å². The number of aliphatic hydroxyl groups is 1. The van der Waals surface area contributed by atoms with Crippen molar-refractivity contribution in [3.63, 3.8) is 0 Å². The Balaban J connectivity index is 1.43. The zero-order chi connectivity index (χ0) is 31.1. The molecule has 1 saturated carbocycles. The second kappa shape index (κ2) is 11.9. The number of nitrogens with zero attached hydrogens (tertiary/aromatic N) is 1. The molecule has 1 spiro atoms. The Kier molecular flexibility index (Phi) is 8.18. The Labute approximate surface area is 257 Å². The van der Waals surface area contributed by atoms with Crippen molar-refractivity contribution >= 4 is 11.9 Å². The Morgan fingerprint density at radius 2 is 1.82 bits per heavy atom. The van der Waals surface area contributed by atoms with Crippen molar-refractivity contribution in [1.29, 1.82) is 0 Å². The number of hydrogen-bond donors (Lipinski definition) is 1. The molecule has 2 bridgehead atoms. The Bertz CT molecular complexity index is 1600. The average Bonchev–Trinajstić information content (AvgIpc) is 3.47. The molecule has 1 amide bonds. The van der Waals surface area contributed by atoms with E-state index in [9.17, 15) is 23.5 Å². The third-order valence-electron chi connectivity index (χ3n) is 10.3. The highest BCUT2D eigenvalue weighted by atomic mass is 19.2. The van der Waals surface area contributed by atoms with Gasteiger partial charge in [-0.3, -0.25) is 9.69 Å². The number of rotatable bonds is 4. The van der Waals surface area contributed by atoms with Gasteiger partial charge < -0.3 is 9.84 Å². The van der Waals surface area contributed by atoms with Crippen LogP contribution in [0, 0.1) is 17.0 Å². The standard InChI is InChI=1S/C37H39F2NO4/c1-24-7-6-17-36(2)31(16-18-37(36)23-40(35(43)44-37)22-25-8-4-3-5-9-25)29-14-11-26(19-28(41)13-10-24)20-30(29)34(42)27-12-15-32(38)33(39)21-27/h3-5,7-9,11-12,14-15,20-21,28,31,41H,6,10,13,16-19,22-23H2,1-2H3. The van der Waals surface area contributed by atoms with Crippen molar-refractivity contribution in [2.45, 2.75) is 83.0 Å². The summed E-state index contributed by atoms with van der Waals surface area (Å²) in [7, 11) is 0. The SMILES string of the molecule is CC1=CCCC2(C)C(CCC23CN(Cc2ccccc2)C(=O)O3)c2ccc(cc2C(=O)c2ccc(F)c(F)c2)CC(O)CC1. The normalized spacial score (nSPS) is 27.2. The summed E-state index contributed by atoms with van der Waals surface area (Å²) in [4.78, 5) is 29.2. The smallest absolute Gasteiger partial charge is 0.410 e. The Hall–Kier alpha value is -3.84. The fourth-order valence-corrected chi connectivity index (χ4v) is 7.70. The summed E-state index contributed by atoms with van der Waals surface area (Å²) in [5, 5.41) is 10.8. The van der Waals surface area contributed by atoms with E-state index in [1.54, 1.807) is 4.90 Å². The maximum Gasteiger partial charge on any atom is 0.410 e. The lowest BCUT2D eigenvalue weighted by atomic mass is 9.64. The summed E-state index contributed by atoms with van der Waals surface area (Å²) in [6.07, 6.45) is 5.87. The van der Waals surface area contributed by atoms with Crippen LogP contribution in [0.3, 0.4) is 0 Å². The van der Waals surface area contributed by atoms with Gasteiger partial charge in [-0.25, -0.2) is 13.6 Å². The minimum absolute atomic E-state index is 0.0678. The van der Waals surface area contributed by atoms with Crippen molar-refractivity contribution in [3.8, 4) is 0 Å². The molecule has 4 aliphatic rings. The predicted octanol–water partition coefficient (Wildman–Crippen LogP) is 7.89. The zero-order valence-corrected chi connectivity index (χ0v) is 25.3. The summed E-state index contributed by atoms with van der Waals surface area (Å²) in [5.74, 6) is -2.61. The van der Waals surface area contributed by atoms with Crippen LogP contribution in [0.2, 0.25) is 0 Å². The number of benzene rings is 3. The van der Waals surface area contributed by atoms with Gasteiger partial charge in [0.1, 0.15) is 5.60 Å². The maximum atomic E-state index is 14.3. The van der Waals surface area contributed by atoms with Crippen molar-refractivity contribution in [2.24, 2.45) is 5.41 Å². The van der Waals surface area contributed by atoms with E-state index in [-0.39, 0.29) is 17.6 Å². The molecule has 4 unspecified atom stereocenters. The molecule has 3 aromatic rings. The second-order valence-corrected chi connectivity index (χ2v) is 13.1. The first-order valence-corrected chi connectivity index (χ1v) is 15.6. The highest BCUT2D eigenvalue weighted by Gasteiger charge is 2.63. The number of ketones is 1. The molecule has 1 N–H and O–H groups in total. The first-order valence-electron chi connectivity index (χ1n) is 15.6. The number of allylic oxidation sites excluding steroid dienone is 2. The van der Waals surface area contributed by atoms with E-state index in [4.69, 9.17) is 4.74 Å². The van der Waals surface area contributed by atoms with Crippen LogP contribution in [0.1, 0.15) is 90.9 Å². The number of fused-ring (bicyclic) bond motifs is 8. The fourth-order valence-electron chi connectivity index (χ4n) is 7.70. The number of hydrogen-bond acceptors (Lipinski definition) is 4. The molecule has 0 radical (unpaired) electrons. The molecule has 1 saturated heterocycles. The lowest BCUT2D eigenvalue weighted by molar-refractivity contribution is -0.0373. The van der Waals surface area contributed by atoms with Crippen LogP contribution < -0.4 is 0 Å². The highest BCUT2D eigenvalue weighted by molar-refractivity contribution is 6.10. The molecule has 0 aromatic heterocycles. The zero-order valence-electron chi connectivity index (χ0n) is 25.3. The van der Waals surface area contributed by atoms with Crippen LogP contribution in [0.15, 0.2) is 78.4 Å². The second-order valence-electron chi connectivity index (χ2n) is 13.1. The number of carbonyl (C=O) groups excluding carboxylic acids is 2. The first kappa shape index (κ1) is 30.2. The molecule has 44 heavy (non-hydrogen) atoms. The molecule has 4 atom stereocenters. The summed E-state index contributed by atoms with van der Waals surface area (Å²) in [5.41, 5.74) is 3.09. The molecular formula is C37H39F2NO4. The van der Waals surface area contributed by atoms with E-state index in [2.05, 4.69) is 19.9 Å². The third-order valence-corrected chi connectivity index (χ3v) is 10.3. The predicted molar refractivity (Wildman–Crippen MR) is 164 cm³/mol. The lowest BCUT2D eigenvalue weighted by Crippen LogP contribution is -2.48. The van der Waals surface area contributed by atoms with Crippen LogP contribution in [-0.4, -0.2) is 40.1 Å². The molecule has 1 aliphatic heterocycles. The minimum Gasteiger partial charge on any atom is -0.440 e. The van der Waals surface area contributed by atoms with Gasteiger partial charge in [-0.15, -0.1) is 0 Å². The van der Waals surface area contributed by atoms with Gasteiger partial charge >= 0.3 is 6.09 Å². The van der Waals surface area contributed by atoms with Gasteiger partial charge in [0.25, 0.3) is 0 Å². The third kappa shape index (κ3) is 5.58. The van der Waals surface area contributed by atoms with Crippen LogP contribution in [0.5, 0.6) is 0 Å². The number of halogens is 2. The molecular weight excluding hydrogens is 560 g/mol. The minimum atomic E-state index is -1.07. The van der Waals surface area contributed by atoms with Crippen molar-refractivity contribution in [1.82, 2.24) is 4.90 Å². The van der Waals surface area contributed by atoms with Gasteiger partial charge in [0.2, 0.25) is 0 Å². The molecule has 7 rings (SSSR count). The number of aliphatic hydroxyl groups excluding tert-OH is 1. The highest BCUT2D eigenvalue weighted by Crippen LogP contribution is 2.61. The van der Waals surface area contributed by atoms with Crippen molar-refractivity contribution < 1.29 is 28.2 Å². The summed E-state index contributed by atoms with van der Waals surface area (Å²) in [6.45, 7) is 5.18. The molecule has 3 aliphatic carbocycles. The monoisotopic (exact) mass is 599 g/mol. The van der Waals surface area contributed by atoms with E-state index in [0.717, 1.165) is 48.1 Å². The molecule has 5 nitrogen and oxygen atoms in total. The first-order chi connectivity index (χ1) is 21.1. The van der Waals surface area contributed by atoms with E-state index in [1.807, 2.05) is 48.5 Å². The largest absolute Gasteiger partial charge is 0.440 e. The van der Waals surface area contributed by atoms with Crippen LogP contribution >= 0.6 is 0 Å². The summed E-state index contributed by atoms with van der Waals surface area (Å²) in [6, 6.07) is 18.8. The molecule has 2 fully saturated rings. The van der Waals surface area contributed by atoms with E-state index >= 15 is 0 Å². The van der Waals surface area contributed by atoms with E-state index < -0.39 is 34.5 Å². The maximum absolute atomic E-state index is 14.3. The van der Waals surface area contributed by atoms with Gasteiger partial charge in [-0.05, 0) is 98.7 Å².